The van der Waals surface area contributed by atoms with Crippen LogP contribution in [0, 0.1) is 18.3 Å². The van der Waals surface area contributed by atoms with E-state index in [-0.39, 0.29) is 22.4 Å². The predicted octanol–water partition coefficient (Wildman–Crippen LogP) is 3.81. The number of nitrogens with zero attached hydrogens (tertiary/aromatic N) is 3. The van der Waals surface area contributed by atoms with Gasteiger partial charge >= 0.3 is 0 Å². The average Bonchev–Trinajstić information content (AvgIpc) is 3.16. The summed E-state index contributed by atoms with van der Waals surface area (Å²) in [4.78, 5) is 25.1. The van der Waals surface area contributed by atoms with Gasteiger partial charge in [0.05, 0.1) is 22.8 Å². The number of hydrogen-bond donors (Lipinski definition) is 1. The van der Waals surface area contributed by atoms with Gasteiger partial charge < -0.3 is 9.73 Å². The molecule has 30 heavy (non-hydrogen) atoms. The van der Waals surface area contributed by atoms with E-state index in [2.05, 4.69) is 10.4 Å². The van der Waals surface area contributed by atoms with Crippen molar-refractivity contribution in [3.63, 3.8) is 0 Å². The molecule has 0 bridgehead atoms. The summed E-state index contributed by atoms with van der Waals surface area (Å²) in [5.41, 5.74) is 2.37. The number of nitriles is 1. The van der Waals surface area contributed by atoms with Crippen molar-refractivity contribution in [1.29, 1.82) is 5.26 Å². The number of benzene rings is 2. The molecule has 0 fully saturated rings. The third-order valence-corrected chi connectivity index (χ3v) is 4.50. The van der Waals surface area contributed by atoms with Crippen LogP contribution in [0.3, 0.4) is 0 Å². The lowest BCUT2D eigenvalue weighted by molar-refractivity contribution is -0.111. The Bertz CT molecular complexity index is 1380. The molecule has 0 unspecified atom stereocenters. The smallest absolute Gasteiger partial charge is 0.249 e. The molecule has 0 atom stereocenters. The van der Waals surface area contributed by atoms with Crippen LogP contribution < -0.4 is 10.7 Å². The van der Waals surface area contributed by atoms with Gasteiger partial charge in [0.1, 0.15) is 23.5 Å². The fourth-order valence-electron chi connectivity index (χ4n) is 3.01. The van der Waals surface area contributed by atoms with Crippen LogP contribution in [-0.4, -0.2) is 15.7 Å². The van der Waals surface area contributed by atoms with Gasteiger partial charge in [0.2, 0.25) is 5.91 Å². The monoisotopic (exact) mass is 396 g/mol. The highest BCUT2D eigenvalue weighted by Gasteiger charge is 2.14. The van der Waals surface area contributed by atoms with Crippen molar-refractivity contribution in [2.75, 3.05) is 5.32 Å². The minimum atomic E-state index is -0.507. The Morgan fingerprint density at radius 3 is 2.80 bits per heavy atom. The summed E-state index contributed by atoms with van der Waals surface area (Å²) in [6.45, 7) is 1.89. The van der Waals surface area contributed by atoms with E-state index in [1.807, 2.05) is 49.4 Å². The van der Waals surface area contributed by atoms with Gasteiger partial charge in [-0.25, -0.2) is 4.68 Å². The second-order valence-electron chi connectivity index (χ2n) is 6.61. The Kier molecular flexibility index (Phi) is 4.97. The molecule has 0 aliphatic carbocycles. The van der Waals surface area contributed by atoms with Crippen molar-refractivity contribution >= 4 is 28.8 Å². The molecule has 4 rings (SSSR count). The van der Waals surface area contributed by atoms with Crippen LogP contribution in [0.1, 0.15) is 16.7 Å². The Hall–Kier alpha value is -4.44. The molecule has 0 aliphatic heterocycles. The molecule has 1 N–H and O–H groups in total. The predicted molar refractivity (Wildman–Crippen MR) is 113 cm³/mol. The van der Waals surface area contributed by atoms with Gasteiger partial charge in [-0.3, -0.25) is 9.59 Å². The summed E-state index contributed by atoms with van der Waals surface area (Å²) in [6, 6.07) is 16.5. The molecule has 0 spiro atoms. The zero-order valence-corrected chi connectivity index (χ0v) is 16.0. The van der Waals surface area contributed by atoms with Crippen LogP contribution in [0.4, 0.5) is 5.82 Å². The lowest BCUT2D eigenvalue weighted by atomic mass is 10.1. The number of hydrogen-bond acceptors (Lipinski definition) is 5. The Morgan fingerprint density at radius 1 is 1.23 bits per heavy atom. The number of aromatic nitrogens is 2. The van der Waals surface area contributed by atoms with E-state index in [0.717, 1.165) is 5.56 Å². The maximum absolute atomic E-state index is 12.6. The second kappa shape index (κ2) is 7.89. The molecule has 0 radical (unpaired) electrons. The van der Waals surface area contributed by atoms with Crippen molar-refractivity contribution in [3.05, 3.63) is 94.0 Å². The molecule has 2 aromatic carbocycles. The first-order valence-electron chi connectivity index (χ1n) is 9.11. The van der Waals surface area contributed by atoms with Crippen molar-refractivity contribution in [2.45, 2.75) is 6.92 Å². The quantitative estimate of drug-likeness (QED) is 0.529. The first-order valence-corrected chi connectivity index (χ1v) is 9.11. The van der Waals surface area contributed by atoms with E-state index in [1.165, 1.54) is 29.3 Å². The normalized spacial score (nSPS) is 10.9. The lowest BCUT2D eigenvalue weighted by Crippen LogP contribution is -2.13. The standard InChI is InChI=1S/C23H16N4O3/c1-15-7-9-20-19(11-15)22(29)16(14-30-20)8-10-21(28)26-23-17(12-24)13-25-27(23)18-5-3-2-4-6-18/h2-11,13-14H,1H3,(H,26,28)/b10-8+. The summed E-state index contributed by atoms with van der Waals surface area (Å²) in [6.07, 6.45) is 5.31. The Morgan fingerprint density at radius 2 is 2.03 bits per heavy atom. The minimum absolute atomic E-state index is 0.223. The maximum atomic E-state index is 12.6. The van der Waals surface area contributed by atoms with Crippen molar-refractivity contribution in [2.24, 2.45) is 0 Å². The highest BCUT2D eigenvalue weighted by atomic mass is 16.3. The molecule has 4 aromatic rings. The maximum Gasteiger partial charge on any atom is 0.249 e. The number of anilines is 1. The van der Waals surface area contributed by atoms with Crippen molar-refractivity contribution in [3.8, 4) is 11.8 Å². The van der Waals surface area contributed by atoms with Crippen LogP contribution in [0.2, 0.25) is 0 Å². The average molecular weight is 396 g/mol. The van der Waals surface area contributed by atoms with Crippen LogP contribution in [0.25, 0.3) is 22.7 Å². The number of amides is 1. The fraction of sp³-hybridized carbons (Fsp3) is 0.0435. The summed E-state index contributed by atoms with van der Waals surface area (Å²) >= 11 is 0. The van der Waals surface area contributed by atoms with Gasteiger partial charge in [0.25, 0.3) is 0 Å². The van der Waals surface area contributed by atoms with E-state index in [4.69, 9.17) is 4.42 Å². The molecule has 146 valence electrons. The van der Waals surface area contributed by atoms with Gasteiger partial charge in [-0.1, -0.05) is 29.8 Å². The summed E-state index contributed by atoms with van der Waals surface area (Å²) in [5.74, 6) is -0.257. The van der Waals surface area contributed by atoms with Crippen LogP contribution in [-0.2, 0) is 4.79 Å². The van der Waals surface area contributed by atoms with Crippen molar-refractivity contribution < 1.29 is 9.21 Å². The van der Waals surface area contributed by atoms with Crippen LogP contribution in [0.5, 0.6) is 0 Å². The number of carbonyl (C=O) groups is 1. The third-order valence-electron chi connectivity index (χ3n) is 4.50. The third kappa shape index (κ3) is 3.62. The molecule has 0 aliphatic rings. The highest BCUT2D eigenvalue weighted by Crippen LogP contribution is 2.20. The highest BCUT2D eigenvalue weighted by molar-refractivity contribution is 6.02. The summed E-state index contributed by atoms with van der Waals surface area (Å²) < 4.78 is 6.96. The molecule has 7 heteroatoms. The molecule has 7 nitrogen and oxygen atoms in total. The van der Waals surface area contributed by atoms with E-state index in [1.54, 1.807) is 12.1 Å². The SMILES string of the molecule is Cc1ccc2occ(/C=C/C(=O)Nc3c(C#N)cnn3-c3ccccc3)c(=O)c2c1. The minimum Gasteiger partial charge on any atom is -0.463 e. The Labute approximate surface area is 171 Å². The number of aryl methyl sites for hydroxylation is 1. The molecule has 1 amide bonds. The largest absolute Gasteiger partial charge is 0.463 e. The number of carbonyl (C=O) groups excluding carboxylic acids is 1. The van der Waals surface area contributed by atoms with E-state index < -0.39 is 5.91 Å². The Balaban J connectivity index is 1.62. The van der Waals surface area contributed by atoms with E-state index in [0.29, 0.717) is 16.7 Å². The summed E-state index contributed by atoms with van der Waals surface area (Å²) in [5, 5.41) is 16.6. The molecular formula is C23H16N4O3. The first-order chi connectivity index (χ1) is 14.6. The zero-order chi connectivity index (χ0) is 21.1. The van der Waals surface area contributed by atoms with E-state index >= 15 is 0 Å². The fourth-order valence-corrected chi connectivity index (χ4v) is 3.01. The van der Waals surface area contributed by atoms with Gasteiger partial charge in [-0.15, -0.1) is 0 Å². The van der Waals surface area contributed by atoms with Gasteiger partial charge in [-0.2, -0.15) is 10.4 Å². The molecule has 2 aromatic heterocycles. The molecule has 0 saturated heterocycles. The second-order valence-corrected chi connectivity index (χ2v) is 6.61. The zero-order valence-electron chi connectivity index (χ0n) is 16.0. The van der Waals surface area contributed by atoms with E-state index in [9.17, 15) is 14.9 Å². The van der Waals surface area contributed by atoms with Crippen LogP contribution in [0.15, 0.2) is 76.3 Å². The van der Waals surface area contributed by atoms with Gasteiger partial charge in [0.15, 0.2) is 11.2 Å². The topological polar surface area (TPSA) is 101 Å². The van der Waals surface area contributed by atoms with Crippen molar-refractivity contribution in [1.82, 2.24) is 9.78 Å². The first kappa shape index (κ1) is 18.9. The molecule has 2 heterocycles. The number of para-hydroxylation sites is 1. The molecular weight excluding hydrogens is 380 g/mol. The molecule has 0 saturated carbocycles. The van der Waals surface area contributed by atoms with Gasteiger partial charge in [0, 0.05) is 6.08 Å². The van der Waals surface area contributed by atoms with Crippen LogP contribution >= 0.6 is 0 Å². The number of rotatable bonds is 4. The number of fused-ring (bicyclic) bond motifs is 1. The number of nitrogens with one attached hydrogen (secondary N) is 1. The lowest BCUT2D eigenvalue weighted by Gasteiger charge is -2.08. The summed E-state index contributed by atoms with van der Waals surface area (Å²) in [7, 11) is 0. The van der Waals surface area contributed by atoms with Gasteiger partial charge in [-0.05, 0) is 37.3 Å².